The SMILES string of the molecule is COc1c(C2(CC(=O)O)CC2)c(C)nn1C. The molecule has 1 fully saturated rings. The summed E-state index contributed by atoms with van der Waals surface area (Å²) in [6, 6.07) is 0. The van der Waals surface area contributed by atoms with Crippen molar-refractivity contribution in [2.24, 2.45) is 7.05 Å². The van der Waals surface area contributed by atoms with Crippen molar-refractivity contribution in [3.05, 3.63) is 11.3 Å². The molecule has 5 heteroatoms. The summed E-state index contributed by atoms with van der Waals surface area (Å²) in [7, 11) is 3.41. The highest BCUT2D eigenvalue weighted by molar-refractivity contribution is 5.70. The molecule has 0 radical (unpaired) electrons. The van der Waals surface area contributed by atoms with Gasteiger partial charge in [-0.2, -0.15) is 5.10 Å². The van der Waals surface area contributed by atoms with E-state index in [0.29, 0.717) is 5.88 Å². The van der Waals surface area contributed by atoms with Gasteiger partial charge in [0.15, 0.2) is 0 Å². The second-order valence-corrected chi connectivity index (χ2v) is 4.44. The summed E-state index contributed by atoms with van der Waals surface area (Å²) >= 11 is 0. The molecule has 0 atom stereocenters. The van der Waals surface area contributed by atoms with Crippen molar-refractivity contribution in [3.8, 4) is 5.88 Å². The molecule has 5 nitrogen and oxygen atoms in total. The lowest BCUT2D eigenvalue weighted by Crippen LogP contribution is -2.14. The van der Waals surface area contributed by atoms with Crippen LogP contribution in [-0.4, -0.2) is 28.0 Å². The van der Waals surface area contributed by atoms with Crippen molar-refractivity contribution in [2.45, 2.75) is 31.6 Å². The summed E-state index contributed by atoms with van der Waals surface area (Å²) in [6.45, 7) is 1.90. The summed E-state index contributed by atoms with van der Waals surface area (Å²) in [6.07, 6.45) is 1.97. The first-order valence-electron chi connectivity index (χ1n) is 5.30. The van der Waals surface area contributed by atoms with Crippen LogP contribution in [0.25, 0.3) is 0 Å². The van der Waals surface area contributed by atoms with Crippen LogP contribution in [0.3, 0.4) is 0 Å². The third-order valence-corrected chi connectivity index (χ3v) is 3.24. The van der Waals surface area contributed by atoms with E-state index in [-0.39, 0.29) is 11.8 Å². The van der Waals surface area contributed by atoms with Crippen molar-refractivity contribution in [1.82, 2.24) is 9.78 Å². The molecule has 0 saturated heterocycles. The predicted molar refractivity (Wildman–Crippen MR) is 57.7 cm³/mol. The van der Waals surface area contributed by atoms with E-state index in [1.807, 2.05) is 14.0 Å². The Bertz CT molecular complexity index is 433. The monoisotopic (exact) mass is 224 g/mol. The quantitative estimate of drug-likeness (QED) is 0.835. The molecule has 1 aliphatic rings. The number of hydrogen-bond acceptors (Lipinski definition) is 3. The maximum absolute atomic E-state index is 10.9. The minimum atomic E-state index is -0.761. The molecular weight excluding hydrogens is 208 g/mol. The Hall–Kier alpha value is -1.52. The number of aromatic nitrogens is 2. The van der Waals surface area contributed by atoms with Crippen molar-refractivity contribution in [2.75, 3.05) is 7.11 Å². The summed E-state index contributed by atoms with van der Waals surface area (Å²) in [5.74, 6) is -0.0703. The fraction of sp³-hybridized carbons (Fsp3) is 0.636. The number of carboxylic acids is 1. The van der Waals surface area contributed by atoms with E-state index in [0.717, 1.165) is 24.1 Å². The maximum Gasteiger partial charge on any atom is 0.304 e. The average molecular weight is 224 g/mol. The molecule has 0 spiro atoms. The van der Waals surface area contributed by atoms with Crippen molar-refractivity contribution in [3.63, 3.8) is 0 Å². The molecule has 1 saturated carbocycles. The molecule has 0 aliphatic heterocycles. The minimum absolute atomic E-state index is 0.163. The van der Waals surface area contributed by atoms with E-state index in [1.54, 1.807) is 11.8 Å². The van der Waals surface area contributed by atoms with Crippen LogP contribution in [0.1, 0.15) is 30.5 Å². The number of hydrogen-bond donors (Lipinski definition) is 1. The van der Waals surface area contributed by atoms with Gasteiger partial charge in [0, 0.05) is 18.0 Å². The molecule has 0 unspecified atom stereocenters. The molecule has 1 heterocycles. The van der Waals surface area contributed by atoms with Gasteiger partial charge in [0.05, 0.1) is 19.2 Å². The average Bonchev–Trinajstić information content (AvgIpc) is 2.85. The number of carbonyl (C=O) groups is 1. The molecule has 88 valence electrons. The molecule has 16 heavy (non-hydrogen) atoms. The number of ether oxygens (including phenoxy) is 1. The zero-order chi connectivity index (χ0) is 11.9. The van der Waals surface area contributed by atoms with Crippen LogP contribution in [-0.2, 0) is 17.3 Å². The summed E-state index contributed by atoms with van der Waals surface area (Å²) in [5.41, 5.74) is 1.60. The Balaban J connectivity index is 2.43. The third-order valence-electron chi connectivity index (χ3n) is 3.24. The number of aliphatic carboxylic acids is 1. The van der Waals surface area contributed by atoms with Crippen molar-refractivity contribution in [1.29, 1.82) is 0 Å². The van der Waals surface area contributed by atoms with Crippen LogP contribution in [0.4, 0.5) is 0 Å². The third kappa shape index (κ3) is 1.56. The number of nitrogens with zero attached hydrogens (tertiary/aromatic N) is 2. The van der Waals surface area contributed by atoms with E-state index < -0.39 is 5.97 Å². The summed E-state index contributed by atoms with van der Waals surface area (Å²) in [5, 5.41) is 13.2. The molecule has 0 bridgehead atoms. The van der Waals surface area contributed by atoms with E-state index in [4.69, 9.17) is 9.84 Å². The Morgan fingerprint density at radius 3 is 2.69 bits per heavy atom. The van der Waals surface area contributed by atoms with Gasteiger partial charge in [0.1, 0.15) is 0 Å². The molecule has 1 N–H and O–H groups in total. The van der Waals surface area contributed by atoms with E-state index in [9.17, 15) is 4.79 Å². The largest absolute Gasteiger partial charge is 0.481 e. The van der Waals surface area contributed by atoms with Gasteiger partial charge in [0.2, 0.25) is 5.88 Å². The lowest BCUT2D eigenvalue weighted by Gasteiger charge is -2.13. The van der Waals surface area contributed by atoms with Crippen molar-refractivity contribution < 1.29 is 14.6 Å². The van der Waals surface area contributed by atoms with Crippen LogP contribution in [0, 0.1) is 6.92 Å². The number of methoxy groups -OCH3 is 1. The Labute approximate surface area is 94.0 Å². The maximum atomic E-state index is 10.9. The molecule has 1 aromatic heterocycles. The minimum Gasteiger partial charge on any atom is -0.481 e. The van der Waals surface area contributed by atoms with Gasteiger partial charge in [-0.05, 0) is 19.8 Å². The van der Waals surface area contributed by atoms with Crippen LogP contribution in [0.5, 0.6) is 5.88 Å². The molecule has 0 aromatic carbocycles. The number of rotatable bonds is 4. The molecule has 1 aliphatic carbocycles. The zero-order valence-electron chi connectivity index (χ0n) is 9.78. The highest BCUT2D eigenvalue weighted by Crippen LogP contribution is 2.54. The first kappa shape index (κ1) is 11.0. The Morgan fingerprint density at radius 2 is 2.25 bits per heavy atom. The molecule has 2 rings (SSSR count). The standard InChI is InChI=1S/C11H16N2O3/c1-7-9(10(16-3)13(2)12-7)11(4-5-11)6-8(14)15/h4-6H2,1-3H3,(H,14,15). The van der Waals surface area contributed by atoms with Crippen molar-refractivity contribution >= 4 is 5.97 Å². The zero-order valence-corrected chi connectivity index (χ0v) is 9.78. The van der Waals surface area contributed by atoms with Gasteiger partial charge in [-0.25, -0.2) is 4.68 Å². The number of aryl methyl sites for hydroxylation is 2. The fourth-order valence-corrected chi connectivity index (χ4v) is 2.44. The van der Waals surface area contributed by atoms with Gasteiger partial charge in [-0.15, -0.1) is 0 Å². The lowest BCUT2D eigenvalue weighted by atomic mass is 9.92. The van der Waals surface area contributed by atoms with Crippen LogP contribution < -0.4 is 4.74 Å². The van der Waals surface area contributed by atoms with E-state index >= 15 is 0 Å². The van der Waals surface area contributed by atoms with Gasteiger partial charge in [-0.1, -0.05) is 0 Å². The van der Waals surface area contributed by atoms with E-state index in [2.05, 4.69) is 5.10 Å². The molecular formula is C11H16N2O3. The summed E-state index contributed by atoms with van der Waals surface area (Å²) < 4.78 is 6.99. The van der Waals surface area contributed by atoms with Crippen LogP contribution >= 0.6 is 0 Å². The molecule has 0 amide bonds. The van der Waals surface area contributed by atoms with Crippen LogP contribution in [0.2, 0.25) is 0 Å². The summed E-state index contributed by atoms with van der Waals surface area (Å²) in [4.78, 5) is 10.9. The normalized spacial score (nSPS) is 17.2. The fourth-order valence-electron chi connectivity index (χ4n) is 2.44. The van der Waals surface area contributed by atoms with Gasteiger partial charge < -0.3 is 9.84 Å². The van der Waals surface area contributed by atoms with Crippen LogP contribution in [0.15, 0.2) is 0 Å². The smallest absolute Gasteiger partial charge is 0.304 e. The van der Waals surface area contributed by atoms with Gasteiger partial charge in [0.25, 0.3) is 0 Å². The second-order valence-electron chi connectivity index (χ2n) is 4.44. The van der Waals surface area contributed by atoms with Gasteiger partial charge in [-0.3, -0.25) is 4.79 Å². The van der Waals surface area contributed by atoms with E-state index in [1.165, 1.54) is 0 Å². The Morgan fingerprint density at radius 1 is 1.62 bits per heavy atom. The highest BCUT2D eigenvalue weighted by Gasteiger charge is 2.50. The Kier molecular flexibility index (Phi) is 2.40. The lowest BCUT2D eigenvalue weighted by molar-refractivity contribution is -0.137. The highest BCUT2D eigenvalue weighted by atomic mass is 16.5. The topological polar surface area (TPSA) is 64.3 Å². The second kappa shape index (κ2) is 3.50. The first-order valence-corrected chi connectivity index (χ1v) is 5.30. The first-order chi connectivity index (χ1) is 7.50. The molecule has 1 aromatic rings. The number of carboxylic acid groups (broad SMARTS) is 1. The van der Waals surface area contributed by atoms with Gasteiger partial charge >= 0.3 is 5.97 Å². The predicted octanol–water partition coefficient (Wildman–Crippen LogP) is 1.24.